The Hall–Kier alpha value is -0.610. The van der Waals surface area contributed by atoms with Gasteiger partial charge < -0.3 is 15.0 Å². The van der Waals surface area contributed by atoms with Crippen molar-refractivity contribution in [2.45, 2.75) is 19.5 Å². The maximum atomic E-state index is 6.01. The molecule has 1 fully saturated rings. The van der Waals surface area contributed by atoms with Gasteiger partial charge in [-0.05, 0) is 31.3 Å². The molecule has 1 aliphatic heterocycles. The van der Waals surface area contributed by atoms with E-state index in [9.17, 15) is 0 Å². The molecule has 0 radical (unpaired) electrons. The number of ether oxygens (including phenoxy) is 1. The summed E-state index contributed by atoms with van der Waals surface area (Å²) in [7, 11) is 2.15. The van der Waals surface area contributed by atoms with Crippen molar-refractivity contribution in [2.75, 3.05) is 33.4 Å². The molecule has 2 unspecified atom stereocenters. The van der Waals surface area contributed by atoms with Gasteiger partial charge in [0, 0.05) is 30.1 Å². The summed E-state index contributed by atoms with van der Waals surface area (Å²) in [6, 6.07) is 8.56. The summed E-state index contributed by atoms with van der Waals surface area (Å²) in [4.78, 5) is 2.34. The van der Waals surface area contributed by atoms with Crippen LogP contribution in [0.1, 0.15) is 12.5 Å². The molecule has 1 N–H and O–H groups in total. The van der Waals surface area contributed by atoms with Gasteiger partial charge in [0.05, 0.1) is 13.2 Å². The molecule has 2 atom stereocenters. The van der Waals surface area contributed by atoms with Gasteiger partial charge in [0.1, 0.15) is 0 Å². The van der Waals surface area contributed by atoms with Crippen molar-refractivity contribution in [3.8, 4) is 0 Å². The number of hydrogen-bond acceptors (Lipinski definition) is 3. The number of nitrogens with zero attached hydrogens (tertiary/aromatic N) is 1. The molecule has 1 aromatic rings. The SMILES string of the molecule is CCNC1COCC1CN(C)Cc1cccc(Cl)c1. The van der Waals surface area contributed by atoms with E-state index in [0.29, 0.717) is 12.0 Å². The molecule has 19 heavy (non-hydrogen) atoms. The van der Waals surface area contributed by atoms with Gasteiger partial charge in [0.15, 0.2) is 0 Å². The second-order valence-electron chi connectivity index (χ2n) is 5.29. The minimum Gasteiger partial charge on any atom is -0.379 e. The Morgan fingerprint density at radius 3 is 3.00 bits per heavy atom. The summed E-state index contributed by atoms with van der Waals surface area (Å²) >= 11 is 6.01. The van der Waals surface area contributed by atoms with Crippen molar-refractivity contribution in [3.05, 3.63) is 34.9 Å². The van der Waals surface area contributed by atoms with Gasteiger partial charge in [-0.1, -0.05) is 30.7 Å². The molecule has 1 aliphatic rings. The molecule has 1 heterocycles. The summed E-state index contributed by atoms with van der Waals surface area (Å²) in [5.74, 6) is 0.573. The fourth-order valence-electron chi connectivity index (χ4n) is 2.68. The molecule has 1 aromatic carbocycles. The molecular weight excluding hydrogens is 260 g/mol. The van der Waals surface area contributed by atoms with Crippen LogP contribution < -0.4 is 5.32 Å². The highest BCUT2D eigenvalue weighted by Crippen LogP contribution is 2.17. The average Bonchev–Trinajstić information content (AvgIpc) is 2.77. The van der Waals surface area contributed by atoms with Crippen LogP contribution in [0.3, 0.4) is 0 Å². The minimum atomic E-state index is 0.492. The van der Waals surface area contributed by atoms with Crippen LogP contribution in [0.15, 0.2) is 24.3 Å². The summed E-state index contributed by atoms with van der Waals surface area (Å²) < 4.78 is 5.58. The van der Waals surface area contributed by atoms with Crippen LogP contribution in [0.4, 0.5) is 0 Å². The highest BCUT2D eigenvalue weighted by Gasteiger charge is 2.28. The third kappa shape index (κ3) is 4.46. The van der Waals surface area contributed by atoms with Crippen LogP contribution >= 0.6 is 11.6 Å². The number of hydrogen-bond donors (Lipinski definition) is 1. The molecule has 0 amide bonds. The largest absolute Gasteiger partial charge is 0.379 e. The average molecular weight is 283 g/mol. The lowest BCUT2D eigenvalue weighted by Crippen LogP contribution is -2.40. The van der Waals surface area contributed by atoms with Gasteiger partial charge >= 0.3 is 0 Å². The summed E-state index contributed by atoms with van der Waals surface area (Å²) in [6.45, 7) is 6.81. The topological polar surface area (TPSA) is 24.5 Å². The van der Waals surface area contributed by atoms with E-state index in [1.807, 2.05) is 18.2 Å². The highest BCUT2D eigenvalue weighted by molar-refractivity contribution is 6.30. The molecule has 0 aromatic heterocycles. The molecule has 4 heteroatoms. The third-order valence-corrected chi connectivity index (χ3v) is 3.79. The van der Waals surface area contributed by atoms with Crippen LogP contribution in [-0.2, 0) is 11.3 Å². The van der Waals surface area contributed by atoms with Crippen molar-refractivity contribution in [3.63, 3.8) is 0 Å². The predicted molar refractivity (Wildman–Crippen MR) is 79.6 cm³/mol. The number of nitrogens with one attached hydrogen (secondary N) is 1. The van der Waals surface area contributed by atoms with Crippen molar-refractivity contribution >= 4 is 11.6 Å². The van der Waals surface area contributed by atoms with Crippen molar-refractivity contribution in [1.29, 1.82) is 0 Å². The van der Waals surface area contributed by atoms with Crippen molar-refractivity contribution in [1.82, 2.24) is 10.2 Å². The summed E-state index contributed by atoms with van der Waals surface area (Å²) in [5.41, 5.74) is 1.26. The lowest BCUT2D eigenvalue weighted by Gasteiger charge is -2.24. The van der Waals surface area contributed by atoms with Gasteiger partial charge in [-0.2, -0.15) is 0 Å². The molecule has 0 aliphatic carbocycles. The van der Waals surface area contributed by atoms with E-state index in [0.717, 1.165) is 37.9 Å². The Kier molecular flexibility index (Phi) is 5.64. The highest BCUT2D eigenvalue weighted by atomic mass is 35.5. The molecular formula is C15H23ClN2O. The molecule has 0 bridgehead atoms. The Balaban J connectivity index is 1.85. The van der Waals surface area contributed by atoms with Crippen LogP contribution in [0.2, 0.25) is 5.02 Å². The minimum absolute atomic E-state index is 0.492. The molecule has 0 saturated carbocycles. The van der Waals surface area contributed by atoms with E-state index < -0.39 is 0 Å². The predicted octanol–water partition coefficient (Wildman–Crippen LogP) is 2.40. The number of rotatable bonds is 6. The molecule has 106 valence electrons. The summed E-state index contributed by atoms with van der Waals surface area (Å²) in [6.07, 6.45) is 0. The number of benzene rings is 1. The second kappa shape index (κ2) is 7.25. The Morgan fingerprint density at radius 2 is 2.26 bits per heavy atom. The molecule has 1 saturated heterocycles. The number of likely N-dealkylation sites (N-methyl/N-ethyl adjacent to an activating group) is 1. The van der Waals surface area contributed by atoms with E-state index in [4.69, 9.17) is 16.3 Å². The Bertz CT molecular complexity index is 399. The maximum Gasteiger partial charge on any atom is 0.0623 e. The van der Waals surface area contributed by atoms with Gasteiger partial charge in [-0.25, -0.2) is 0 Å². The van der Waals surface area contributed by atoms with E-state index in [1.165, 1.54) is 5.56 Å². The monoisotopic (exact) mass is 282 g/mol. The standard InChI is InChI=1S/C15H23ClN2O/c1-3-17-15-11-19-10-13(15)9-18(2)8-12-5-4-6-14(16)7-12/h4-7,13,15,17H,3,8-11H2,1-2H3. The zero-order valence-electron chi connectivity index (χ0n) is 11.7. The first-order chi connectivity index (χ1) is 9.19. The van der Waals surface area contributed by atoms with Gasteiger partial charge in [0.2, 0.25) is 0 Å². The van der Waals surface area contributed by atoms with Gasteiger partial charge in [-0.15, -0.1) is 0 Å². The van der Waals surface area contributed by atoms with Crippen LogP contribution in [0.25, 0.3) is 0 Å². The molecule has 3 nitrogen and oxygen atoms in total. The first-order valence-electron chi connectivity index (χ1n) is 6.93. The fraction of sp³-hybridized carbons (Fsp3) is 0.600. The quantitative estimate of drug-likeness (QED) is 0.867. The molecule has 0 spiro atoms. The Labute approximate surface area is 120 Å². The van der Waals surface area contributed by atoms with Gasteiger partial charge in [0.25, 0.3) is 0 Å². The summed E-state index contributed by atoms with van der Waals surface area (Å²) in [5, 5.41) is 4.31. The zero-order chi connectivity index (χ0) is 13.7. The smallest absolute Gasteiger partial charge is 0.0623 e. The van der Waals surface area contributed by atoms with E-state index in [1.54, 1.807) is 0 Å². The number of halogens is 1. The van der Waals surface area contributed by atoms with Crippen LogP contribution in [-0.4, -0.2) is 44.3 Å². The Morgan fingerprint density at radius 1 is 1.42 bits per heavy atom. The lowest BCUT2D eigenvalue weighted by molar-refractivity contribution is 0.172. The van der Waals surface area contributed by atoms with E-state index in [-0.39, 0.29) is 0 Å². The zero-order valence-corrected chi connectivity index (χ0v) is 12.5. The van der Waals surface area contributed by atoms with E-state index >= 15 is 0 Å². The first kappa shape index (κ1) is 14.8. The van der Waals surface area contributed by atoms with E-state index in [2.05, 4.69) is 30.3 Å². The van der Waals surface area contributed by atoms with Crippen LogP contribution in [0, 0.1) is 5.92 Å². The molecule has 2 rings (SSSR count). The lowest BCUT2D eigenvalue weighted by atomic mass is 10.0. The normalized spacial score (nSPS) is 23.2. The van der Waals surface area contributed by atoms with Crippen molar-refractivity contribution in [2.24, 2.45) is 5.92 Å². The maximum absolute atomic E-state index is 6.01. The first-order valence-corrected chi connectivity index (χ1v) is 7.31. The second-order valence-corrected chi connectivity index (χ2v) is 5.72. The van der Waals surface area contributed by atoms with Crippen LogP contribution in [0.5, 0.6) is 0 Å². The fourth-order valence-corrected chi connectivity index (χ4v) is 2.89. The van der Waals surface area contributed by atoms with Gasteiger partial charge in [-0.3, -0.25) is 0 Å². The van der Waals surface area contributed by atoms with Crippen molar-refractivity contribution < 1.29 is 4.74 Å². The third-order valence-electron chi connectivity index (χ3n) is 3.55.